The molecule has 0 aliphatic heterocycles. The van der Waals surface area contributed by atoms with Gasteiger partial charge in [-0.15, -0.1) is 0 Å². The number of rotatable bonds is 8. The van der Waals surface area contributed by atoms with Gasteiger partial charge < -0.3 is 15.7 Å². The SMILES string of the molecule is CN[C@@H](CO)CONC(=O)c1cc(Cl)c(F)c(F)c1Nc1ccc(I)cc1Cl. The van der Waals surface area contributed by atoms with Crippen LogP contribution in [0.15, 0.2) is 24.3 Å². The summed E-state index contributed by atoms with van der Waals surface area (Å²) < 4.78 is 29.3. The molecule has 2 aromatic carbocycles. The Balaban J connectivity index is 2.31. The van der Waals surface area contributed by atoms with Gasteiger partial charge in [0.25, 0.3) is 5.91 Å². The van der Waals surface area contributed by atoms with E-state index in [0.29, 0.717) is 0 Å². The molecule has 0 aliphatic carbocycles. The van der Waals surface area contributed by atoms with Gasteiger partial charge in [0.2, 0.25) is 0 Å². The second kappa shape index (κ2) is 10.5. The Morgan fingerprint density at radius 2 is 1.96 bits per heavy atom. The van der Waals surface area contributed by atoms with Crippen LogP contribution in [0.25, 0.3) is 0 Å². The normalized spacial score (nSPS) is 12.0. The molecule has 152 valence electrons. The Kier molecular flexibility index (Phi) is 8.65. The molecule has 1 amide bonds. The zero-order valence-electron chi connectivity index (χ0n) is 14.5. The monoisotopic (exact) mass is 545 g/mol. The van der Waals surface area contributed by atoms with Crippen molar-refractivity contribution >= 4 is 63.1 Å². The van der Waals surface area contributed by atoms with E-state index in [1.54, 1.807) is 25.2 Å². The Labute approximate surface area is 183 Å². The van der Waals surface area contributed by atoms with Gasteiger partial charge in [-0.3, -0.25) is 9.63 Å². The van der Waals surface area contributed by atoms with Crippen LogP contribution < -0.4 is 16.1 Å². The number of hydrogen-bond donors (Lipinski definition) is 4. The molecule has 0 fully saturated rings. The summed E-state index contributed by atoms with van der Waals surface area (Å²) in [5, 5.41) is 14.2. The lowest BCUT2D eigenvalue weighted by Crippen LogP contribution is -2.37. The number of carbonyl (C=O) groups is 1. The molecule has 6 nitrogen and oxygen atoms in total. The molecule has 0 heterocycles. The van der Waals surface area contributed by atoms with Crippen LogP contribution in [0.1, 0.15) is 10.4 Å². The maximum atomic E-state index is 14.5. The molecule has 0 aromatic heterocycles. The molecule has 0 saturated heterocycles. The van der Waals surface area contributed by atoms with Crippen molar-refractivity contribution in [2.75, 3.05) is 25.6 Å². The van der Waals surface area contributed by atoms with E-state index >= 15 is 0 Å². The number of benzene rings is 2. The summed E-state index contributed by atoms with van der Waals surface area (Å²) in [6.45, 7) is -0.274. The summed E-state index contributed by atoms with van der Waals surface area (Å²) in [6, 6.07) is 5.44. The van der Waals surface area contributed by atoms with Crippen molar-refractivity contribution in [3.05, 3.63) is 55.1 Å². The highest BCUT2D eigenvalue weighted by Crippen LogP contribution is 2.33. The number of hydroxylamine groups is 1. The van der Waals surface area contributed by atoms with Crippen molar-refractivity contribution < 1.29 is 23.5 Å². The third-order valence-corrected chi connectivity index (χ3v) is 4.93. The fourth-order valence-electron chi connectivity index (χ4n) is 2.11. The first-order valence-electron chi connectivity index (χ1n) is 7.88. The fraction of sp³-hybridized carbons (Fsp3) is 0.235. The molecule has 0 bridgehead atoms. The molecule has 4 N–H and O–H groups in total. The summed E-state index contributed by atoms with van der Waals surface area (Å²) in [7, 11) is 1.61. The first-order valence-corrected chi connectivity index (χ1v) is 9.71. The Morgan fingerprint density at radius 1 is 1.25 bits per heavy atom. The average Bonchev–Trinajstić information content (AvgIpc) is 2.67. The molecular weight excluding hydrogens is 530 g/mol. The first-order chi connectivity index (χ1) is 13.3. The number of anilines is 2. The van der Waals surface area contributed by atoms with Crippen LogP contribution in [0.4, 0.5) is 20.2 Å². The first kappa shape index (κ1) is 23.0. The quantitative estimate of drug-likeness (QED) is 0.230. The van der Waals surface area contributed by atoms with Crippen LogP contribution in [-0.4, -0.2) is 37.3 Å². The molecule has 0 unspecified atom stereocenters. The van der Waals surface area contributed by atoms with Crippen LogP contribution in [0, 0.1) is 15.2 Å². The van der Waals surface area contributed by atoms with Gasteiger partial charge in [-0.05, 0) is 53.9 Å². The average molecular weight is 546 g/mol. The Hall–Kier alpha value is -1.24. The predicted octanol–water partition coefficient (Wildman–Crippen LogP) is 3.86. The van der Waals surface area contributed by atoms with E-state index in [9.17, 15) is 13.6 Å². The molecule has 2 rings (SSSR count). The molecule has 0 spiro atoms. The minimum atomic E-state index is -1.34. The van der Waals surface area contributed by atoms with Crippen molar-refractivity contribution in [3.8, 4) is 0 Å². The summed E-state index contributed by atoms with van der Waals surface area (Å²) in [5.74, 6) is -3.51. The van der Waals surface area contributed by atoms with E-state index in [-0.39, 0.29) is 29.5 Å². The number of likely N-dealkylation sites (N-methyl/N-ethyl adjacent to an activating group) is 1. The van der Waals surface area contributed by atoms with Crippen LogP contribution in [-0.2, 0) is 4.84 Å². The Bertz CT molecular complexity index is 870. The van der Waals surface area contributed by atoms with E-state index < -0.39 is 34.3 Å². The number of hydrogen-bond acceptors (Lipinski definition) is 5. The van der Waals surface area contributed by atoms with Crippen molar-refractivity contribution in [3.63, 3.8) is 0 Å². The van der Waals surface area contributed by atoms with Gasteiger partial charge in [-0.25, -0.2) is 14.3 Å². The van der Waals surface area contributed by atoms with Crippen molar-refractivity contribution in [2.24, 2.45) is 0 Å². The van der Waals surface area contributed by atoms with Crippen LogP contribution in [0.5, 0.6) is 0 Å². The third kappa shape index (κ3) is 5.65. The number of amides is 1. The van der Waals surface area contributed by atoms with Crippen LogP contribution in [0.2, 0.25) is 10.0 Å². The molecule has 11 heteroatoms. The maximum Gasteiger partial charge on any atom is 0.277 e. The predicted molar refractivity (Wildman–Crippen MR) is 112 cm³/mol. The molecule has 0 saturated carbocycles. The van der Waals surface area contributed by atoms with Gasteiger partial charge in [0, 0.05) is 3.57 Å². The van der Waals surface area contributed by atoms with Crippen molar-refractivity contribution in [1.29, 1.82) is 0 Å². The van der Waals surface area contributed by atoms with Crippen molar-refractivity contribution in [1.82, 2.24) is 10.8 Å². The summed E-state index contributed by atoms with van der Waals surface area (Å²) in [6.07, 6.45) is 0. The summed E-state index contributed by atoms with van der Waals surface area (Å²) in [5.41, 5.74) is 1.65. The zero-order valence-corrected chi connectivity index (χ0v) is 18.1. The zero-order chi connectivity index (χ0) is 20.8. The number of aliphatic hydroxyl groups is 1. The van der Waals surface area contributed by atoms with Crippen LogP contribution in [0.3, 0.4) is 0 Å². The maximum absolute atomic E-state index is 14.5. The van der Waals surface area contributed by atoms with E-state index in [0.717, 1.165) is 9.64 Å². The molecule has 0 radical (unpaired) electrons. The van der Waals surface area contributed by atoms with E-state index in [1.807, 2.05) is 22.6 Å². The molecule has 0 aliphatic rings. The summed E-state index contributed by atoms with van der Waals surface area (Å²) >= 11 is 13.9. The molecular formula is C17H16Cl2F2IN3O3. The highest BCUT2D eigenvalue weighted by Gasteiger charge is 2.23. The second-order valence-corrected chi connectivity index (χ2v) is 7.63. The topological polar surface area (TPSA) is 82.6 Å². The number of aliphatic hydroxyl groups excluding tert-OH is 1. The Morgan fingerprint density at radius 3 is 2.57 bits per heavy atom. The van der Waals surface area contributed by atoms with E-state index in [4.69, 9.17) is 33.1 Å². The molecule has 28 heavy (non-hydrogen) atoms. The van der Waals surface area contributed by atoms with Crippen LogP contribution >= 0.6 is 45.8 Å². The van der Waals surface area contributed by atoms with Gasteiger partial charge in [0.1, 0.15) is 0 Å². The van der Waals surface area contributed by atoms with Crippen molar-refractivity contribution in [2.45, 2.75) is 6.04 Å². The highest BCUT2D eigenvalue weighted by molar-refractivity contribution is 14.1. The number of nitrogens with one attached hydrogen (secondary N) is 3. The lowest BCUT2D eigenvalue weighted by atomic mass is 10.1. The standard InChI is InChI=1S/C17H16Cl2F2IN3O3/c1-23-9(6-26)7-28-25-17(27)10-5-12(19)14(20)15(21)16(10)24-13-3-2-8(22)4-11(13)18/h2-5,9,23-24,26H,6-7H2,1H3,(H,25,27)/t9-/m0/s1. The number of halogens is 5. The van der Waals surface area contributed by atoms with Gasteiger partial charge in [-0.2, -0.15) is 0 Å². The fourth-order valence-corrected chi connectivity index (χ4v) is 3.21. The number of carbonyl (C=O) groups excluding carboxylic acids is 1. The lowest BCUT2D eigenvalue weighted by molar-refractivity contribution is 0.0164. The van der Waals surface area contributed by atoms with E-state index in [2.05, 4.69) is 16.1 Å². The van der Waals surface area contributed by atoms with Gasteiger partial charge in [0.05, 0.1) is 46.2 Å². The van der Waals surface area contributed by atoms with E-state index in [1.165, 1.54) is 0 Å². The summed E-state index contributed by atoms with van der Waals surface area (Å²) in [4.78, 5) is 17.4. The van der Waals surface area contributed by atoms with Gasteiger partial charge in [0.15, 0.2) is 11.6 Å². The lowest BCUT2D eigenvalue weighted by Gasteiger charge is -2.17. The van der Waals surface area contributed by atoms with Gasteiger partial charge >= 0.3 is 0 Å². The highest BCUT2D eigenvalue weighted by atomic mass is 127. The minimum Gasteiger partial charge on any atom is -0.395 e. The third-order valence-electron chi connectivity index (χ3n) is 3.68. The molecule has 2 aromatic rings. The minimum absolute atomic E-state index is 0.0537. The van der Waals surface area contributed by atoms with Gasteiger partial charge in [-0.1, -0.05) is 23.2 Å². The second-order valence-electron chi connectivity index (χ2n) is 5.57. The molecule has 1 atom stereocenters. The smallest absolute Gasteiger partial charge is 0.277 e. The largest absolute Gasteiger partial charge is 0.395 e.